The molecule has 17 heavy (non-hydrogen) atoms. The average Bonchev–Trinajstić information content (AvgIpc) is 2.32. The number of benzene rings is 1. The topological polar surface area (TPSA) is 61.4 Å². The molecule has 3 N–H and O–H groups in total. The molecule has 0 heterocycles. The van der Waals surface area contributed by atoms with E-state index in [0.29, 0.717) is 12.1 Å². The Balaban J connectivity index is 2.44. The van der Waals surface area contributed by atoms with E-state index in [4.69, 9.17) is 0 Å². The molecule has 4 nitrogen and oxygen atoms in total. The number of carbonyl (C=O) groups is 1. The number of aromatic hydroxyl groups is 1. The molecule has 1 aromatic carbocycles. The molecular formula is C12H17IN2O2. The van der Waals surface area contributed by atoms with Crippen molar-refractivity contribution in [2.45, 2.75) is 13.3 Å². The summed E-state index contributed by atoms with van der Waals surface area (Å²) in [6, 6.07) is 4.96. The first-order valence-electron chi connectivity index (χ1n) is 5.62. The molecule has 0 aliphatic heterocycles. The molecule has 1 aromatic rings. The van der Waals surface area contributed by atoms with Gasteiger partial charge in [-0.15, -0.1) is 0 Å². The van der Waals surface area contributed by atoms with Gasteiger partial charge in [0.25, 0.3) is 5.91 Å². The molecule has 94 valence electrons. The predicted octanol–water partition coefficient (Wildman–Crippen LogP) is 1.73. The van der Waals surface area contributed by atoms with Crippen LogP contribution in [0.25, 0.3) is 0 Å². The third-order valence-electron chi connectivity index (χ3n) is 2.22. The second-order valence-electron chi connectivity index (χ2n) is 3.67. The molecule has 1 amide bonds. The average molecular weight is 348 g/mol. The minimum absolute atomic E-state index is 0.0180. The van der Waals surface area contributed by atoms with Gasteiger partial charge in [0.2, 0.25) is 0 Å². The molecule has 1 rings (SSSR count). The van der Waals surface area contributed by atoms with Gasteiger partial charge in [-0.3, -0.25) is 4.79 Å². The molecule has 0 aromatic heterocycles. The SMILES string of the molecule is CCCNCCNC(=O)c1cc(I)ccc1O. The standard InChI is InChI=1S/C12H17IN2O2/c1-2-5-14-6-7-15-12(17)10-8-9(13)3-4-11(10)16/h3-4,8,14,16H,2,5-7H2,1H3,(H,15,17). The Labute approximate surface area is 115 Å². The molecule has 5 heteroatoms. The number of phenols is 1. The van der Waals surface area contributed by atoms with Crippen LogP contribution in [0.5, 0.6) is 5.75 Å². The number of halogens is 1. The van der Waals surface area contributed by atoms with E-state index in [2.05, 4.69) is 40.1 Å². The third-order valence-corrected chi connectivity index (χ3v) is 2.89. The summed E-state index contributed by atoms with van der Waals surface area (Å²) in [5, 5.41) is 15.5. The van der Waals surface area contributed by atoms with Crippen molar-refractivity contribution in [3.8, 4) is 5.75 Å². The highest BCUT2D eigenvalue weighted by Gasteiger charge is 2.10. The Morgan fingerprint density at radius 1 is 1.35 bits per heavy atom. The highest BCUT2D eigenvalue weighted by Crippen LogP contribution is 2.19. The van der Waals surface area contributed by atoms with Gasteiger partial charge in [-0.25, -0.2) is 0 Å². The van der Waals surface area contributed by atoms with E-state index < -0.39 is 0 Å². The monoisotopic (exact) mass is 348 g/mol. The van der Waals surface area contributed by atoms with E-state index in [1.165, 1.54) is 6.07 Å². The van der Waals surface area contributed by atoms with Gasteiger partial charge in [0.05, 0.1) is 5.56 Å². The molecule has 0 unspecified atom stereocenters. The van der Waals surface area contributed by atoms with Gasteiger partial charge in [0.1, 0.15) is 5.75 Å². The fourth-order valence-electron chi connectivity index (χ4n) is 1.35. The Morgan fingerprint density at radius 3 is 2.82 bits per heavy atom. The van der Waals surface area contributed by atoms with Crippen molar-refractivity contribution >= 4 is 28.5 Å². The predicted molar refractivity (Wildman–Crippen MR) is 76.3 cm³/mol. The molecule has 0 spiro atoms. The minimum atomic E-state index is -0.237. The third kappa shape index (κ3) is 4.91. The van der Waals surface area contributed by atoms with Crippen molar-refractivity contribution in [3.63, 3.8) is 0 Å². The number of phenolic OH excluding ortho intramolecular Hbond substituents is 1. The summed E-state index contributed by atoms with van der Waals surface area (Å²) in [7, 11) is 0. The van der Waals surface area contributed by atoms with E-state index >= 15 is 0 Å². The second kappa shape index (κ2) is 7.50. The molecule has 0 aliphatic rings. The van der Waals surface area contributed by atoms with Gasteiger partial charge < -0.3 is 15.7 Å². The number of hydrogen-bond donors (Lipinski definition) is 3. The summed E-state index contributed by atoms with van der Waals surface area (Å²) in [6.07, 6.45) is 1.08. The normalized spacial score (nSPS) is 10.2. The Morgan fingerprint density at radius 2 is 2.12 bits per heavy atom. The summed E-state index contributed by atoms with van der Waals surface area (Å²) in [6.45, 7) is 4.34. The maximum atomic E-state index is 11.7. The van der Waals surface area contributed by atoms with Crippen LogP contribution in [0.2, 0.25) is 0 Å². The van der Waals surface area contributed by atoms with Crippen molar-refractivity contribution < 1.29 is 9.90 Å². The van der Waals surface area contributed by atoms with Crippen LogP contribution in [0.3, 0.4) is 0 Å². The van der Waals surface area contributed by atoms with Gasteiger partial charge in [0, 0.05) is 16.7 Å². The number of nitrogens with one attached hydrogen (secondary N) is 2. The molecule has 0 radical (unpaired) electrons. The van der Waals surface area contributed by atoms with Crippen molar-refractivity contribution in [2.75, 3.05) is 19.6 Å². The summed E-state index contributed by atoms with van der Waals surface area (Å²) in [5.74, 6) is -0.219. The summed E-state index contributed by atoms with van der Waals surface area (Å²) < 4.78 is 0.926. The minimum Gasteiger partial charge on any atom is -0.507 e. The zero-order chi connectivity index (χ0) is 12.7. The molecule has 0 bridgehead atoms. The largest absolute Gasteiger partial charge is 0.507 e. The van der Waals surface area contributed by atoms with Crippen molar-refractivity contribution in [1.82, 2.24) is 10.6 Å². The highest BCUT2D eigenvalue weighted by molar-refractivity contribution is 14.1. The molecule has 0 atom stereocenters. The van der Waals surface area contributed by atoms with E-state index in [0.717, 1.165) is 23.1 Å². The van der Waals surface area contributed by atoms with Gasteiger partial charge in [-0.1, -0.05) is 6.92 Å². The first-order chi connectivity index (χ1) is 8.15. The molecule has 0 saturated heterocycles. The lowest BCUT2D eigenvalue weighted by Gasteiger charge is -2.07. The zero-order valence-corrected chi connectivity index (χ0v) is 12.0. The van der Waals surface area contributed by atoms with Crippen LogP contribution in [0, 0.1) is 3.57 Å². The molecule has 0 aliphatic carbocycles. The van der Waals surface area contributed by atoms with Crippen LogP contribution in [0.4, 0.5) is 0 Å². The fourth-order valence-corrected chi connectivity index (χ4v) is 1.84. The summed E-state index contributed by atoms with van der Waals surface area (Å²) >= 11 is 2.11. The second-order valence-corrected chi connectivity index (χ2v) is 4.91. The lowest BCUT2D eigenvalue weighted by molar-refractivity contribution is 0.0951. The van der Waals surface area contributed by atoms with Gasteiger partial charge >= 0.3 is 0 Å². The zero-order valence-electron chi connectivity index (χ0n) is 9.79. The van der Waals surface area contributed by atoms with Crippen LogP contribution in [0.15, 0.2) is 18.2 Å². The van der Waals surface area contributed by atoms with E-state index in [9.17, 15) is 9.90 Å². The number of hydrogen-bond acceptors (Lipinski definition) is 3. The van der Waals surface area contributed by atoms with E-state index in [1.54, 1.807) is 12.1 Å². The lowest BCUT2D eigenvalue weighted by Crippen LogP contribution is -2.32. The van der Waals surface area contributed by atoms with Gasteiger partial charge in [-0.2, -0.15) is 0 Å². The van der Waals surface area contributed by atoms with Crippen LogP contribution in [-0.4, -0.2) is 30.6 Å². The van der Waals surface area contributed by atoms with Crippen LogP contribution < -0.4 is 10.6 Å². The first kappa shape index (κ1) is 14.2. The molecular weight excluding hydrogens is 331 g/mol. The number of carbonyl (C=O) groups excluding carboxylic acids is 1. The van der Waals surface area contributed by atoms with Gasteiger partial charge in [-0.05, 0) is 53.8 Å². The maximum Gasteiger partial charge on any atom is 0.255 e. The van der Waals surface area contributed by atoms with Crippen molar-refractivity contribution in [2.24, 2.45) is 0 Å². The Bertz CT molecular complexity index is 383. The smallest absolute Gasteiger partial charge is 0.255 e. The lowest BCUT2D eigenvalue weighted by atomic mass is 10.2. The van der Waals surface area contributed by atoms with Crippen molar-refractivity contribution in [3.05, 3.63) is 27.3 Å². The van der Waals surface area contributed by atoms with Gasteiger partial charge in [0.15, 0.2) is 0 Å². The summed E-state index contributed by atoms with van der Waals surface area (Å²) in [5.41, 5.74) is 0.326. The van der Waals surface area contributed by atoms with E-state index in [-0.39, 0.29) is 11.7 Å². The summed E-state index contributed by atoms with van der Waals surface area (Å²) in [4.78, 5) is 11.7. The molecule has 0 fully saturated rings. The van der Waals surface area contributed by atoms with Crippen LogP contribution in [0.1, 0.15) is 23.7 Å². The first-order valence-corrected chi connectivity index (χ1v) is 6.70. The quantitative estimate of drug-likeness (QED) is 0.542. The number of amides is 1. The Kier molecular flexibility index (Phi) is 6.28. The van der Waals surface area contributed by atoms with Crippen molar-refractivity contribution in [1.29, 1.82) is 0 Å². The highest BCUT2D eigenvalue weighted by atomic mass is 127. The van der Waals surface area contributed by atoms with Crippen LogP contribution >= 0.6 is 22.6 Å². The maximum absolute atomic E-state index is 11.7. The van der Waals surface area contributed by atoms with Crippen LogP contribution in [-0.2, 0) is 0 Å². The Hall–Kier alpha value is -0.820. The fraction of sp³-hybridized carbons (Fsp3) is 0.417. The number of rotatable bonds is 6. The molecule has 0 saturated carbocycles. The van der Waals surface area contributed by atoms with E-state index in [1.807, 2.05) is 0 Å².